The third-order valence-corrected chi connectivity index (χ3v) is 4.95. The van der Waals surface area contributed by atoms with E-state index in [9.17, 15) is 13.2 Å². The molecule has 1 N–H and O–H groups in total. The molecule has 1 aromatic heterocycles. The Bertz CT molecular complexity index is 1140. The van der Waals surface area contributed by atoms with Crippen LogP contribution in [0.5, 0.6) is 0 Å². The molecule has 0 saturated heterocycles. The number of carbonyl (C=O) groups excluding carboxylic acids is 1. The van der Waals surface area contributed by atoms with Gasteiger partial charge in [0, 0.05) is 18.2 Å². The Hall–Kier alpha value is -3.20. The molecule has 0 aliphatic carbocycles. The molecule has 3 rings (SSSR count). The van der Waals surface area contributed by atoms with Crippen LogP contribution in [0.15, 0.2) is 47.0 Å². The zero-order valence-electron chi connectivity index (χ0n) is 16.6. The molecule has 0 aliphatic heterocycles. The zero-order valence-corrected chi connectivity index (χ0v) is 17.4. The molecule has 0 spiro atoms. The number of rotatable bonds is 6. The summed E-state index contributed by atoms with van der Waals surface area (Å²) in [7, 11) is -1.83. The average molecular weight is 414 g/mol. The Balaban J connectivity index is 1.76. The summed E-state index contributed by atoms with van der Waals surface area (Å²) < 4.78 is 30.7. The first-order valence-corrected chi connectivity index (χ1v) is 10.8. The van der Waals surface area contributed by atoms with Crippen molar-refractivity contribution in [2.24, 2.45) is 0 Å². The molecule has 0 aliphatic rings. The van der Waals surface area contributed by atoms with E-state index in [0.717, 1.165) is 17.4 Å². The van der Waals surface area contributed by atoms with Crippen molar-refractivity contribution in [3.63, 3.8) is 0 Å². The summed E-state index contributed by atoms with van der Waals surface area (Å²) in [4.78, 5) is 18.7. The Kier molecular flexibility index (Phi) is 5.69. The van der Waals surface area contributed by atoms with Crippen LogP contribution in [0.3, 0.4) is 0 Å². The lowest BCUT2D eigenvalue weighted by molar-refractivity contribution is 0.0769. The van der Waals surface area contributed by atoms with E-state index in [2.05, 4.69) is 14.9 Å². The summed E-state index contributed by atoms with van der Waals surface area (Å²) in [6.45, 7) is 3.81. The van der Waals surface area contributed by atoms with Crippen molar-refractivity contribution >= 4 is 21.6 Å². The summed E-state index contributed by atoms with van der Waals surface area (Å²) in [6.07, 6.45) is 1.06. The van der Waals surface area contributed by atoms with Crippen molar-refractivity contribution < 1.29 is 17.7 Å². The first kappa shape index (κ1) is 20.5. The van der Waals surface area contributed by atoms with Crippen LogP contribution in [-0.4, -0.2) is 42.7 Å². The number of sulfonamides is 1. The van der Waals surface area contributed by atoms with Gasteiger partial charge in [0.2, 0.25) is 21.7 Å². The molecular weight excluding hydrogens is 392 g/mol. The highest BCUT2D eigenvalue weighted by molar-refractivity contribution is 7.92. The van der Waals surface area contributed by atoms with E-state index in [4.69, 9.17) is 4.52 Å². The molecular formula is C20H22N4O4S. The number of amides is 1. The zero-order chi connectivity index (χ0) is 21.2. The van der Waals surface area contributed by atoms with E-state index >= 15 is 0 Å². The van der Waals surface area contributed by atoms with Gasteiger partial charge in [0.1, 0.15) is 0 Å². The number of hydrogen-bond acceptors (Lipinski definition) is 6. The van der Waals surface area contributed by atoms with Crippen molar-refractivity contribution in [2.45, 2.75) is 20.4 Å². The first-order chi connectivity index (χ1) is 13.6. The molecule has 152 valence electrons. The van der Waals surface area contributed by atoms with Crippen molar-refractivity contribution in [3.8, 4) is 11.4 Å². The summed E-state index contributed by atoms with van der Waals surface area (Å²) in [6, 6.07) is 12.6. The summed E-state index contributed by atoms with van der Waals surface area (Å²) >= 11 is 0. The normalized spacial score (nSPS) is 11.3. The second kappa shape index (κ2) is 8.04. The molecule has 1 heterocycles. The monoisotopic (exact) mass is 414 g/mol. The first-order valence-electron chi connectivity index (χ1n) is 8.86. The average Bonchev–Trinajstić information content (AvgIpc) is 3.11. The third-order valence-electron chi connectivity index (χ3n) is 4.36. The van der Waals surface area contributed by atoms with Crippen LogP contribution in [0.2, 0.25) is 0 Å². The van der Waals surface area contributed by atoms with Gasteiger partial charge in [0.05, 0.1) is 18.5 Å². The van der Waals surface area contributed by atoms with E-state index in [1.54, 1.807) is 32.2 Å². The highest BCUT2D eigenvalue weighted by atomic mass is 32.2. The van der Waals surface area contributed by atoms with Gasteiger partial charge in [-0.1, -0.05) is 41.1 Å². The standard InChI is InChI=1S/C20H22N4O4S/c1-13-8-10-15(11-9-13)19-21-18(28-22-19)12-24(3)20(25)16-6-5-7-17(14(16)2)23-29(4,26)27/h5-11,23H,12H2,1-4H3. The largest absolute Gasteiger partial charge is 0.337 e. The molecule has 8 nitrogen and oxygen atoms in total. The van der Waals surface area contributed by atoms with E-state index < -0.39 is 10.0 Å². The number of nitrogens with one attached hydrogen (secondary N) is 1. The van der Waals surface area contributed by atoms with Gasteiger partial charge >= 0.3 is 0 Å². The van der Waals surface area contributed by atoms with Crippen LogP contribution < -0.4 is 4.72 Å². The highest BCUT2D eigenvalue weighted by Gasteiger charge is 2.19. The van der Waals surface area contributed by atoms with Gasteiger partial charge in [-0.15, -0.1) is 0 Å². The predicted molar refractivity (Wildman–Crippen MR) is 110 cm³/mol. The van der Waals surface area contributed by atoms with Gasteiger partial charge in [0.15, 0.2) is 0 Å². The summed E-state index contributed by atoms with van der Waals surface area (Å²) in [5.41, 5.74) is 3.26. The number of hydrogen-bond donors (Lipinski definition) is 1. The van der Waals surface area contributed by atoms with Gasteiger partial charge < -0.3 is 9.42 Å². The van der Waals surface area contributed by atoms with Gasteiger partial charge in [-0.2, -0.15) is 4.98 Å². The quantitative estimate of drug-likeness (QED) is 0.665. The fraction of sp³-hybridized carbons (Fsp3) is 0.250. The minimum Gasteiger partial charge on any atom is -0.337 e. The second-order valence-corrected chi connectivity index (χ2v) is 8.64. The molecule has 0 bridgehead atoms. The fourth-order valence-corrected chi connectivity index (χ4v) is 3.42. The lowest BCUT2D eigenvalue weighted by atomic mass is 10.1. The Labute approximate surface area is 169 Å². The summed E-state index contributed by atoms with van der Waals surface area (Å²) in [5.74, 6) is 0.477. The maximum absolute atomic E-state index is 12.9. The number of anilines is 1. The van der Waals surface area contributed by atoms with E-state index in [0.29, 0.717) is 28.5 Å². The van der Waals surface area contributed by atoms with E-state index in [-0.39, 0.29) is 12.5 Å². The Morgan fingerprint density at radius 1 is 1.14 bits per heavy atom. The molecule has 0 atom stereocenters. The van der Waals surface area contributed by atoms with Crippen LogP contribution in [-0.2, 0) is 16.6 Å². The molecule has 29 heavy (non-hydrogen) atoms. The van der Waals surface area contributed by atoms with Crippen molar-refractivity contribution in [3.05, 3.63) is 65.0 Å². The third kappa shape index (κ3) is 5.00. The molecule has 0 radical (unpaired) electrons. The van der Waals surface area contributed by atoms with Crippen molar-refractivity contribution in [1.82, 2.24) is 15.0 Å². The Morgan fingerprint density at radius 2 is 1.83 bits per heavy atom. The molecule has 2 aromatic carbocycles. The number of aromatic nitrogens is 2. The van der Waals surface area contributed by atoms with Crippen LogP contribution >= 0.6 is 0 Å². The second-order valence-electron chi connectivity index (χ2n) is 6.89. The maximum atomic E-state index is 12.9. The highest BCUT2D eigenvalue weighted by Crippen LogP contribution is 2.22. The molecule has 0 fully saturated rings. The molecule has 0 unspecified atom stereocenters. The number of aryl methyl sites for hydroxylation is 1. The van der Waals surface area contributed by atoms with Gasteiger partial charge in [-0.3, -0.25) is 9.52 Å². The number of nitrogens with zero attached hydrogens (tertiary/aromatic N) is 3. The van der Waals surface area contributed by atoms with Crippen LogP contribution in [0.25, 0.3) is 11.4 Å². The van der Waals surface area contributed by atoms with Crippen molar-refractivity contribution in [2.75, 3.05) is 18.0 Å². The molecule has 9 heteroatoms. The predicted octanol–water partition coefficient (Wildman–Crippen LogP) is 3.00. The SMILES string of the molecule is Cc1ccc(-c2noc(CN(C)C(=O)c3cccc(NS(C)(=O)=O)c3C)n2)cc1. The molecule has 1 amide bonds. The van der Waals surface area contributed by atoms with Crippen molar-refractivity contribution in [1.29, 1.82) is 0 Å². The lowest BCUT2D eigenvalue weighted by Gasteiger charge is -2.18. The topological polar surface area (TPSA) is 105 Å². The van der Waals surface area contributed by atoms with Crippen LogP contribution in [0.1, 0.15) is 27.4 Å². The fourth-order valence-electron chi connectivity index (χ4n) is 2.80. The minimum absolute atomic E-state index is 0.126. The van der Waals surface area contributed by atoms with Gasteiger partial charge in [-0.25, -0.2) is 8.42 Å². The lowest BCUT2D eigenvalue weighted by Crippen LogP contribution is -2.27. The van der Waals surface area contributed by atoms with E-state index in [1.807, 2.05) is 31.2 Å². The van der Waals surface area contributed by atoms with E-state index in [1.165, 1.54) is 4.90 Å². The number of carbonyl (C=O) groups is 1. The van der Waals surface area contributed by atoms with Crippen LogP contribution in [0, 0.1) is 13.8 Å². The summed E-state index contributed by atoms with van der Waals surface area (Å²) in [5, 5.41) is 3.97. The van der Waals surface area contributed by atoms with Gasteiger partial charge in [0.25, 0.3) is 5.91 Å². The number of benzene rings is 2. The Morgan fingerprint density at radius 3 is 2.48 bits per heavy atom. The smallest absolute Gasteiger partial charge is 0.254 e. The molecule has 0 saturated carbocycles. The maximum Gasteiger partial charge on any atom is 0.254 e. The minimum atomic E-state index is -3.45. The van der Waals surface area contributed by atoms with Gasteiger partial charge in [-0.05, 0) is 31.5 Å². The molecule has 3 aromatic rings. The van der Waals surface area contributed by atoms with Crippen LogP contribution in [0.4, 0.5) is 5.69 Å².